The van der Waals surface area contributed by atoms with Crippen LogP contribution in [0, 0.1) is 10.1 Å². The molecule has 8 heteroatoms. The average molecular weight is 340 g/mol. The molecule has 8 nitrogen and oxygen atoms in total. The molecule has 1 heterocycles. The largest absolute Gasteiger partial charge is 0.323 e. The number of hydrogen-bond donors (Lipinski definition) is 2. The highest BCUT2D eigenvalue weighted by atomic mass is 16.6. The molecule has 0 atom stereocenters. The number of hydrogen-bond acceptors (Lipinski definition) is 4. The van der Waals surface area contributed by atoms with Crippen molar-refractivity contribution in [3.8, 4) is 0 Å². The van der Waals surface area contributed by atoms with Crippen LogP contribution in [-0.4, -0.2) is 23.4 Å². The molecule has 2 aromatic rings. The van der Waals surface area contributed by atoms with Gasteiger partial charge >= 0.3 is 6.03 Å². The van der Waals surface area contributed by atoms with Crippen molar-refractivity contribution >= 4 is 34.7 Å². The molecule has 1 aliphatic rings. The highest BCUT2D eigenvalue weighted by Gasteiger charge is 2.22. The van der Waals surface area contributed by atoms with Gasteiger partial charge in [0.2, 0.25) is 5.91 Å². The van der Waals surface area contributed by atoms with Gasteiger partial charge < -0.3 is 15.5 Å². The summed E-state index contributed by atoms with van der Waals surface area (Å²) in [6.07, 6.45) is 0.733. The van der Waals surface area contributed by atoms with Gasteiger partial charge in [-0.2, -0.15) is 0 Å². The fraction of sp³-hybridized carbons (Fsp3) is 0.176. The summed E-state index contributed by atoms with van der Waals surface area (Å²) in [6.45, 7) is 2.15. The highest BCUT2D eigenvalue weighted by molar-refractivity contribution is 6.00. The normalized spacial score (nSPS) is 12.4. The third kappa shape index (κ3) is 3.57. The summed E-state index contributed by atoms with van der Waals surface area (Å²) in [7, 11) is 0. The van der Waals surface area contributed by atoms with Crippen LogP contribution in [0.25, 0.3) is 0 Å². The third-order valence-corrected chi connectivity index (χ3v) is 3.93. The van der Waals surface area contributed by atoms with Crippen molar-refractivity contribution in [2.45, 2.75) is 13.3 Å². The van der Waals surface area contributed by atoms with Gasteiger partial charge in [-0.15, -0.1) is 0 Å². The molecule has 0 aromatic heterocycles. The number of nitro groups is 1. The van der Waals surface area contributed by atoms with Crippen molar-refractivity contribution in [1.82, 2.24) is 0 Å². The monoisotopic (exact) mass is 340 g/mol. The van der Waals surface area contributed by atoms with Crippen molar-refractivity contribution in [3.63, 3.8) is 0 Å². The van der Waals surface area contributed by atoms with Gasteiger partial charge in [0.1, 0.15) is 0 Å². The van der Waals surface area contributed by atoms with Crippen LogP contribution in [0.15, 0.2) is 42.5 Å². The number of amides is 3. The van der Waals surface area contributed by atoms with Crippen LogP contribution >= 0.6 is 0 Å². The molecule has 0 spiro atoms. The minimum Gasteiger partial charge on any atom is -0.312 e. The van der Waals surface area contributed by atoms with E-state index in [1.807, 2.05) is 6.07 Å². The van der Waals surface area contributed by atoms with Gasteiger partial charge in [0, 0.05) is 42.7 Å². The molecule has 1 aliphatic heterocycles. The van der Waals surface area contributed by atoms with Gasteiger partial charge in [0.25, 0.3) is 5.69 Å². The Bertz CT molecular complexity index is 865. The second-order valence-electron chi connectivity index (χ2n) is 5.65. The van der Waals surface area contributed by atoms with Crippen LogP contribution in [0.3, 0.4) is 0 Å². The summed E-state index contributed by atoms with van der Waals surface area (Å²) >= 11 is 0. The maximum Gasteiger partial charge on any atom is 0.323 e. The lowest BCUT2D eigenvalue weighted by molar-refractivity contribution is -0.384. The SMILES string of the molecule is CC(=O)N1CCc2cc(NC(=O)Nc3cccc([N+](=O)[O-])c3)ccc21. The minimum absolute atomic E-state index is 0.0112. The van der Waals surface area contributed by atoms with E-state index < -0.39 is 11.0 Å². The Morgan fingerprint density at radius 1 is 1.12 bits per heavy atom. The molecule has 3 amide bonds. The number of carbonyl (C=O) groups is 2. The van der Waals surface area contributed by atoms with Gasteiger partial charge in [-0.1, -0.05) is 6.07 Å². The number of benzene rings is 2. The zero-order chi connectivity index (χ0) is 18.0. The molecule has 0 saturated carbocycles. The first-order chi connectivity index (χ1) is 11.9. The van der Waals surface area contributed by atoms with E-state index in [1.54, 1.807) is 23.1 Å². The van der Waals surface area contributed by atoms with E-state index in [-0.39, 0.29) is 11.6 Å². The predicted octanol–water partition coefficient (Wildman–Crippen LogP) is 3.15. The quantitative estimate of drug-likeness (QED) is 0.661. The smallest absolute Gasteiger partial charge is 0.312 e. The summed E-state index contributed by atoms with van der Waals surface area (Å²) < 4.78 is 0. The van der Waals surface area contributed by atoms with Gasteiger partial charge in [0.15, 0.2) is 0 Å². The Kier molecular flexibility index (Phi) is 4.34. The van der Waals surface area contributed by atoms with Gasteiger partial charge in [-0.3, -0.25) is 14.9 Å². The summed E-state index contributed by atoms with van der Waals surface area (Å²) in [5.74, 6) is -0.0112. The number of anilines is 3. The van der Waals surface area contributed by atoms with Gasteiger partial charge in [0.05, 0.1) is 4.92 Å². The van der Waals surface area contributed by atoms with E-state index >= 15 is 0 Å². The first-order valence-electron chi connectivity index (χ1n) is 7.67. The molecule has 2 aromatic carbocycles. The number of non-ortho nitro benzene ring substituents is 1. The van der Waals surface area contributed by atoms with Crippen LogP contribution in [0.2, 0.25) is 0 Å². The Balaban J connectivity index is 1.69. The first-order valence-corrected chi connectivity index (χ1v) is 7.67. The topological polar surface area (TPSA) is 105 Å². The summed E-state index contributed by atoms with van der Waals surface area (Å²) in [6, 6.07) is 10.5. The van der Waals surface area contributed by atoms with Crippen LogP contribution in [0.1, 0.15) is 12.5 Å². The molecule has 0 fully saturated rings. The zero-order valence-electron chi connectivity index (χ0n) is 13.5. The van der Waals surface area contributed by atoms with Crippen LogP contribution in [0.5, 0.6) is 0 Å². The fourth-order valence-corrected chi connectivity index (χ4v) is 2.80. The van der Waals surface area contributed by atoms with E-state index in [0.717, 1.165) is 17.7 Å². The van der Waals surface area contributed by atoms with Crippen molar-refractivity contribution in [2.75, 3.05) is 22.1 Å². The fourth-order valence-electron chi connectivity index (χ4n) is 2.80. The molecule has 0 saturated heterocycles. The Morgan fingerprint density at radius 2 is 1.84 bits per heavy atom. The van der Waals surface area contributed by atoms with Crippen molar-refractivity contribution in [3.05, 3.63) is 58.1 Å². The van der Waals surface area contributed by atoms with Crippen molar-refractivity contribution in [1.29, 1.82) is 0 Å². The number of urea groups is 1. The molecular formula is C17H16N4O4. The van der Waals surface area contributed by atoms with Crippen molar-refractivity contribution in [2.24, 2.45) is 0 Å². The number of carbonyl (C=O) groups excluding carboxylic acids is 2. The zero-order valence-corrected chi connectivity index (χ0v) is 13.5. The number of fused-ring (bicyclic) bond motifs is 1. The van der Waals surface area contributed by atoms with E-state index in [0.29, 0.717) is 17.9 Å². The lowest BCUT2D eigenvalue weighted by atomic mass is 10.1. The van der Waals surface area contributed by atoms with Crippen LogP contribution < -0.4 is 15.5 Å². The standard InChI is InChI=1S/C17H16N4O4/c1-11(22)20-8-7-12-9-14(5-6-16(12)20)19-17(23)18-13-3-2-4-15(10-13)21(24)25/h2-6,9-10H,7-8H2,1H3,(H2,18,19,23). The lowest BCUT2D eigenvalue weighted by Crippen LogP contribution is -2.25. The number of nitro benzene ring substituents is 1. The van der Waals surface area contributed by atoms with Crippen LogP contribution in [0.4, 0.5) is 27.5 Å². The molecule has 0 bridgehead atoms. The molecule has 0 unspecified atom stereocenters. The molecular weight excluding hydrogens is 324 g/mol. The molecule has 25 heavy (non-hydrogen) atoms. The lowest BCUT2D eigenvalue weighted by Gasteiger charge is -2.15. The minimum atomic E-state index is -0.523. The Labute approximate surface area is 143 Å². The van der Waals surface area contributed by atoms with Crippen molar-refractivity contribution < 1.29 is 14.5 Å². The molecule has 0 aliphatic carbocycles. The van der Waals surface area contributed by atoms with E-state index in [9.17, 15) is 19.7 Å². The number of nitrogens with one attached hydrogen (secondary N) is 2. The Hall–Kier alpha value is -3.42. The molecule has 128 valence electrons. The maximum absolute atomic E-state index is 12.1. The highest BCUT2D eigenvalue weighted by Crippen LogP contribution is 2.30. The second kappa shape index (κ2) is 6.60. The molecule has 0 radical (unpaired) electrons. The second-order valence-corrected chi connectivity index (χ2v) is 5.65. The summed E-state index contributed by atoms with van der Waals surface area (Å²) in [5.41, 5.74) is 2.67. The summed E-state index contributed by atoms with van der Waals surface area (Å²) in [4.78, 5) is 35.6. The summed E-state index contributed by atoms with van der Waals surface area (Å²) in [5, 5.41) is 16.0. The predicted molar refractivity (Wildman–Crippen MR) is 93.9 cm³/mol. The molecule has 3 rings (SSSR count). The number of rotatable bonds is 3. The van der Waals surface area contributed by atoms with Gasteiger partial charge in [-0.05, 0) is 36.2 Å². The maximum atomic E-state index is 12.1. The average Bonchev–Trinajstić information content (AvgIpc) is 2.98. The number of nitrogens with zero attached hydrogens (tertiary/aromatic N) is 2. The molecule has 2 N–H and O–H groups in total. The first kappa shape index (κ1) is 16.4. The van der Waals surface area contributed by atoms with Crippen LogP contribution in [-0.2, 0) is 11.2 Å². The van der Waals surface area contributed by atoms with E-state index in [2.05, 4.69) is 10.6 Å². The third-order valence-electron chi connectivity index (χ3n) is 3.93. The van der Waals surface area contributed by atoms with Gasteiger partial charge in [-0.25, -0.2) is 4.79 Å². The van der Waals surface area contributed by atoms with E-state index in [1.165, 1.54) is 25.1 Å². The van der Waals surface area contributed by atoms with E-state index in [4.69, 9.17) is 0 Å². The Morgan fingerprint density at radius 3 is 2.52 bits per heavy atom.